The average molecular weight is 368 g/mol. The second kappa shape index (κ2) is 7.69. The molecule has 4 rings (SSSR count). The normalized spacial score (nSPS) is 19.1. The lowest BCUT2D eigenvalue weighted by Gasteiger charge is -2.31. The van der Waals surface area contributed by atoms with Gasteiger partial charge in [-0.3, -0.25) is 4.79 Å². The summed E-state index contributed by atoms with van der Waals surface area (Å²) in [6.45, 7) is 3.23. The predicted octanol–water partition coefficient (Wildman–Crippen LogP) is 3.86. The molecule has 2 aromatic carbocycles. The Bertz CT molecular complexity index is 777. The monoisotopic (exact) mass is 368 g/mol. The molecule has 4 nitrogen and oxygen atoms in total. The van der Waals surface area contributed by atoms with Crippen LogP contribution in [0.15, 0.2) is 48.5 Å². The van der Waals surface area contributed by atoms with E-state index in [2.05, 4.69) is 10.2 Å². The molecule has 2 fully saturated rings. The molecule has 0 spiro atoms. The summed E-state index contributed by atoms with van der Waals surface area (Å²) in [5.74, 6) is -0.327. The van der Waals surface area contributed by atoms with Gasteiger partial charge in [-0.1, -0.05) is 25.0 Å². The van der Waals surface area contributed by atoms with Crippen molar-refractivity contribution in [1.29, 1.82) is 0 Å². The van der Waals surface area contributed by atoms with E-state index < -0.39 is 5.54 Å². The number of hydrogen-bond acceptors (Lipinski definition) is 3. The topological polar surface area (TPSA) is 41.6 Å². The van der Waals surface area contributed by atoms with Crippen LogP contribution in [0.2, 0.25) is 0 Å². The van der Waals surface area contributed by atoms with Gasteiger partial charge in [-0.2, -0.15) is 0 Å². The van der Waals surface area contributed by atoms with Crippen LogP contribution < -0.4 is 10.2 Å². The Hall–Kier alpha value is -2.40. The summed E-state index contributed by atoms with van der Waals surface area (Å²) in [7, 11) is 0. The molecule has 2 aromatic rings. The van der Waals surface area contributed by atoms with E-state index in [0.29, 0.717) is 5.56 Å². The standard InChI is InChI=1S/C22H25FN2O2/c23-19-7-5-18(6-8-19)22(11-1-2-12-22)24-21(26)17-3-9-20(10-4-17)25-13-15-27-16-14-25/h3-10H,1-2,11-16H2,(H,24,26). The van der Waals surface area contributed by atoms with E-state index in [9.17, 15) is 9.18 Å². The lowest BCUT2D eigenvalue weighted by molar-refractivity contribution is 0.0898. The average Bonchev–Trinajstić information content (AvgIpc) is 3.19. The Balaban J connectivity index is 1.50. The number of nitrogens with one attached hydrogen (secondary N) is 1. The molecule has 0 bridgehead atoms. The minimum Gasteiger partial charge on any atom is -0.378 e. The molecule has 27 heavy (non-hydrogen) atoms. The number of carbonyl (C=O) groups excluding carboxylic acids is 1. The number of halogens is 1. The molecule has 1 saturated heterocycles. The van der Waals surface area contributed by atoms with Crippen molar-refractivity contribution in [3.05, 3.63) is 65.5 Å². The third-order valence-electron chi connectivity index (χ3n) is 5.71. The Kier molecular flexibility index (Phi) is 5.12. The van der Waals surface area contributed by atoms with Gasteiger partial charge in [0, 0.05) is 24.3 Å². The van der Waals surface area contributed by atoms with Crippen molar-refractivity contribution in [1.82, 2.24) is 5.32 Å². The van der Waals surface area contributed by atoms with Crippen LogP contribution in [0.3, 0.4) is 0 Å². The van der Waals surface area contributed by atoms with Crippen LogP contribution in [0.1, 0.15) is 41.6 Å². The summed E-state index contributed by atoms with van der Waals surface area (Å²) in [6, 6.07) is 14.3. The fourth-order valence-corrected chi connectivity index (χ4v) is 4.17. The van der Waals surface area contributed by atoms with E-state index in [1.165, 1.54) is 12.1 Å². The lowest BCUT2D eigenvalue weighted by atomic mass is 9.87. The predicted molar refractivity (Wildman–Crippen MR) is 103 cm³/mol. The number of benzene rings is 2. The Morgan fingerprint density at radius 3 is 2.22 bits per heavy atom. The van der Waals surface area contributed by atoms with Gasteiger partial charge < -0.3 is 15.0 Å². The van der Waals surface area contributed by atoms with Gasteiger partial charge in [0.1, 0.15) is 5.82 Å². The highest BCUT2D eigenvalue weighted by atomic mass is 19.1. The van der Waals surface area contributed by atoms with E-state index in [1.807, 2.05) is 24.3 Å². The molecule has 1 aliphatic heterocycles. The molecule has 142 valence electrons. The molecule has 1 saturated carbocycles. The smallest absolute Gasteiger partial charge is 0.251 e. The number of anilines is 1. The highest BCUT2D eigenvalue weighted by Crippen LogP contribution is 2.39. The molecule has 1 heterocycles. The van der Waals surface area contributed by atoms with Crippen LogP contribution in [0.25, 0.3) is 0 Å². The molecule has 1 N–H and O–H groups in total. The maximum absolute atomic E-state index is 13.3. The molecule has 1 aliphatic carbocycles. The molecule has 0 aromatic heterocycles. The third-order valence-corrected chi connectivity index (χ3v) is 5.71. The zero-order valence-corrected chi connectivity index (χ0v) is 15.4. The summed E-state index contributed by atoms with van der Waals surface area (Å²) >= 11 is 0. The first kappa shape index (κ1) is 18.0. The van der Waals surface area contributed by atoms with Crippen molar-refractivity contribution in [2.45, 2.75) is 31.2 Å². The fourth-order valence-electron chi connectivity index (χ4n) is 4.17. The van der Waals surface area contributed by atoms with Crippen molar-refractivity contribution < 1.29 is 13.9 Å². The van der Waals surface area contributed by atoms with Crippen LogP contribution in [0, 0.1) is 5.82 Å². The van der Waals surface area contributed by atoms with Gasteiger partial charge in [0.15, 0.2) is 0 Å². The molecular weight excluding hydrogens is 343 g/mol. The molecule has 0 unspecified atom stereocenters. The third kappa shape index (κ3) is 3.83. The van der Waals surface area contributed by atoms with Gasteiger partial charge in [0.2, 0.25) is 0 Å². The lowest BCUT2D eigenvalue weighted by Crippen LogP contribution is -2.43. The first-order valence-corrected chi connectivity index (χ1v) is 9.68. The van der Waals surface area contributed by atoms with E-state index in [0.717, 1.165) is 63.2 Å². The summed E-state index contributed by atoms with van der Waals surface area (Å²) in [4.78, 5) is 15.2. The van der Waals surface area contributed by atoms with Crippen LogP contribution >= 0.6 is 0 Å². The van der Waals surface area contributed by atoms with Crippen molar-refractivity contribution in [2.24, 2.45) is 0 Å². The SMILES string of the molecule is O=C(NC1(c2ccc(F)cc2)CCCC1)c1ccc(N2CCOCC2)cc1. The Morgan fingerprint density at radius 2 is 1.59 bits per heavy atom. The van der Waals surface area contributed by atoms with Gasteiger partial charge in [0.05, 0.1) is 18.8 Å². The summed E-state index contributed by atoms with van der Waals surface area (Å²) in [6.07, 6.45) is 3.90. The van der Waals surface area contributed by atoms with E-state index in [4.69, 9.17) is 4.74 Å². The number of carbonyl (C=O) groups is 1. The first-order valence-electron chi connectivity index (χ1n) is 9.68. The summed E-state index contributed by atoms with van der Waals surface area (Å²) < 4.78 is 18.7. The van der Waals surface area contributed by atoms with Gasteiger partial charge in [0.25, 0.3) is 5.91 Å². The number of amides is 1. The zero-order valence-electron chi connectivity index (χ0n) is 15.4. The molecular formula is C22H25FN2O2. The van der Waals surface area contributed by atoms with Gasteiger partial charge in [-0.05, 0) is 54.8 Å². The maximum Gasteiger partial charge on any atom is 0.251 e. The Morgan fingerprint density at radius 1 is 0.963 bits per heavy atom. The number of rotatable bonds is 4. The van der Waals surface area contributed by atoms with Crippen LogP contribution in [-0.2, 0) is 10.3 Å². The van der Waals surface area contributed by atoms with Gasteiger partial charge in [-0.15, -0.1) is 0 Å². The quantitative estimate of drug-likeness (QED) is 0.891. The van der Waals surface area contributed by atoms with Gasteiger partial charge >= 0.3 is 0 Å². The van der Waals surface area contributed by atoms with Crippen molar-refractivity contribution in [3.8, 4) is 0 Å². The fraction of sp³-hybridized carbons (Fsp3) is 0.409. The minimum atomic E-state index is -0.395. The number of morpholine rings is 1. The van der Waals surface area contributed by atoms with E-state index >= 15 is 0 Å². The first-order chi connectivity index (χ1) is 13.2. The van der Waals surface area contributed by atoms with Crippen LogP contribution in [0.4, 0.5) is 10.1 Å². The second-order valence-corrected chi connectivity index (χ2v) is 7.40. The molecule has 0 atom stereocenters. The second-order valence-electron chi connectivity index (χ2n) is 7.40. The largest absolute Gasteiger partial charge is 0.378 e. The van der Waals surface area contributed by atoms with E-state index in [-0.39, 0.29) is 11.7 Å². The summed E-state index contributed by atoms with van der Waals surface area (Å²) in [5, 5.41) is 3.25. The van der Waals surface area contributed by atoms with Crippen LogP contribution in [0.5, 0.6) is 0 Å². The molecule has 5 heteroatoms. The van der Waals surface area contributed by atoms with Crippen molar-refractivity contribution >= 4 is 11.6 Å². The Labute approximate surface area is 159 Å². The highest BCUT2D eigenvalue weighted by Gasteiger charge is 2.37. The molecule has 2 aliphatic rings. The highest BCUT2D eigenvalue weighted by molar-refractivity contribution is 5.95. The maximum atomic E-state index is 13.3. The number of ether oxygens (including phenoxy) is 1. The summed E-state index contributed by atoms with van der Waals surface area (Å²) in [5.41, 5.74) is 2.36. The van der Waals surface area contributed by atoms with Crippen molar-refractivity contribution in [3.63, 3.8) is 0 Å². The molecule has 1 amide bonds. The van der Waals surface area contributed by atoms with Gasteiger partial charge in [-0.25, -0.2) is 4.39 Å². The zero-order chi connectivity index (χ0) is 18.7. The number of nitrogens with zero attached hydrogens (tertiary/aromatic N) is 1. The van der Waals surface area contributed by atoms with Crippen LogP contribution in [-0.4, -0.2) is 32.2 Å². The van der Waals surface area contributed by atoms with E-state index in [1.54, 1.807) is 12.1 Å². The minimum absolute atomic E-state index is 0.0743. The molecule has 0 radical (unpaired) electrons. The number of hydrogen-bond donors (Lipinski definition) is 1. The van der Waals surface area contributed by atoms with Crippen molar-refractivity contribution in [2.75, 3.05) is 31.2 Å².